The first-order chi connectivity index (χ1) is 11.9. The van der Waals surface area contributed by atoms with Gasteiger partial charge in [-0.1, -0.05) is 79.6 Å². The van der Waals surface area contributed by atoms with Crippen molar-refractivity contribution in [2.24, 2.45) is 11.8 Å². The second kappa shape index (κ2) is 21.9. The molecule has 2 unspecified atom stereocenters. The number of unbranched alkanes of at least 4 members (excludes halogenated alkanes) is 3. The first-order valence-corrected chi connectivity index (χ1v) is 11.8. The molecule has 0 saturated heterocycles. The molecule has 162 valence electrons. The summed E-state index contributed by atoms with van der Waals surface area (Å²) in [5.41, 5.74) is 0. The van der Waals surface area contributed by atoms with E-state index in [0.29, 0.717) is 11.8 Å². The van der Waals surface area contributed by atoms with Crippen LogP contribution in [0.15, 0.2) is 0 Å². The van der Waals surface area contributed by atoms with E-state index in [1.54, 1.807) is 0 Å². The van der Waals surface area contributed by atoms with Crippen molar-refractivity contribution in [3.8, 4) is 0 Å². The molecule has 0 amide bonds. The van der Waals surface area contributed by atoms with E-state index < -0.39 is 7.82 Å². The average Bonchev–Trinajstić information content (AvgIpc) is 2.62. The van der Waals surface area contributed by atoms with E-state index in [2.05, 4.69) is 41.5 Å². The predicted molar refractivity (Wildman–Crippen MR) is 106 cm³/mol. The number of phosphoric acid groups is 1. The smallest absolute Gasteiger partial charge is 0.756 e. The number of rotatable bonds is 15. The third-order valence-electron chi connectivity index (χ3n) is 4.38. The molecule has 0 heterocycles. The zero-order valence-corrected chi connectivity index (χ0v) is 19.6. The summed E-state index contributed by atoms with van der Waals surface area (Å²) < 4.78 is 21.9. The summed E-state index contributed by atoms with van der Waals surface area (Å²) in [6.07, 6.45) is 10.7. The van der Waals surface area contributed by atoms with Crippen molar-refractivity contribution < 1.29 is 35.0 Å². The molecule has 0 aliphatic carbocycles. The van der Waals surface area contributed by atoms with Crippen LogP contribution in [0.4, 0.5) is 0 Å². The molecule has 0 aromatic heterocycles. The number of hydrogen-bond donors (Lipinski definition) is 0. The van der Waals surface area contributed by atoms with E-state index in [0.717, 1.165) is 57.8 Å². The molecule has 0 aliphatic heterocycles. The molecule has 2 atom stereocenters. The quantitative estimate of drug-likeness (QED) is 0.166. The first kappa shape index (κ1) is 31.3. The number of phosphoric ester groups is 1. The maximum atomic E-state index is 11.8. The summed E-state index contributed by atoms with van der Waals surface area (Å²) in [5.74, 6) is 0.607. The van der Waals surface area contributed by atoms with Gasteiger partial charge in [0, 0.05) is 0 Å². The molecule has 6 heteroatoms. The van der Waals surface area contributed by atoms with Crippen molar-refractivity contribution in [2.45, 2.75) is 98.8 Å². The normalized spacial score (nSPS) is 15.2. The molecule has 0 aliphatic rings. The van der Waals surface area contributed by atoms with Crippen molar-refractivity contribution in [3.05, 3.63) is 6.92 Å². The summed E-state index contributed by atoms with van der Waals surface area (Å²) in [4.78, 5) is 11.8. The Bertz CT molecular complexity index is 290. The van der Waals surface area contributed by atoms with Crippen LogP contribution < -0.4 is 4.89 Å². The van der Waals surface area contributed by atoms with E-state index in [-0.39, 0.29) is 29.7 Å². The third kappa shape index (κ3) is 20.9. The Labute approximate surface area is 173 Å². The number of hydrogen-bond acceptors (Lipinski definition) is 4. The molecule has 0 spiro atoms. The fourth-order valence-electron chi connectivity index (χ4n) is 2.23. The van der Waals surface area contributed by atoms with Gasteiger partial charge in [-0.05, 0) is 24.7 Å². The summed E-state index contributed by atoms with van der Waals surface area (Å²) >= 11 is 0. The van der Waals surface area contributed by atoms with Crippen LogP contribution in [0.5, 0.6) is 0 Å². The van der Waals surface area contributed by atoms with Crippen LogP contribution in [0.2, 0.25) is 0 Å². The standard InChI is InChI=1S/C16H35O4P.C4H9.Ni/c1-5-9-11-15(7-3)13-19-21(17,18)20-14-16(8-4)12-10-6-2;1-3-4-2;/h15-16H,5-14H2,1-4H3,(H,17,18);1,3-4H2,2H3;/q;-1;+2/p-1. The predicted octanol–water partition coefficient (Wildman–Crippen LogP) is 6.54. The first-order valence-electron chi connectivity index (χ1n) is 10.3. The molecule has 26 heavy (non-hydrogen) atoms. The van der Waals surface area contributed by atoms with Crippen molar-refractivity contribution in [1.82, 2.24) is 0 Å². The largest absolute Gasteiger partial charge is 2.00 e. The van der Waals surface area contributed by atoms with Crippen LogP contribution in [-0.4, -0.2) is 13.2 Å². The molecule has 0 N–H and O–H groups in total. The Morgan fingerprint density at radius 3 is 1.42 bits per heavy atom. The van der Waals surface area contributed by atoms with Gasteiger partial charge in [0.25, 0.3) is 7.82 Å². The van der Waals surface area contributed by atoms with Crippen molar-refractivity contribution in [2.75, 3.05) is 13.2 Å². The second-order valence-corrected chi connectivity index (χ2v) is 8.14. The SMILES string of the molecule is CCCCC(CC)COP(=O)([O-])OCC(CC)CCCC.[CH2-]CCC.[Ni+2]. The van der Waals surface area contributed by atoms with Crippen molar-refractivity contribution in [1.29, 1.82) is 0 Å². The van der Waals surface area contributed by atoms with Crippen LogP contribution in [0.3, 0.4) is 0 Å². The Morgan fingerprint density at radius 1 is 0.846 bits per heavy atom. The second-order valence-electron chi connectivity index (χ2n) is 6.73. The zero-order chi connectivity index (χ0) is 19.6. The van der Waals surface area contributed by atoms with Gasteiger partial charge in [0.15, 0.2) is 0 Å². The monoisotopic (exact) mass is 436 g/mol. The van der Waals surface area contributed by atoms with Gasteiger partial charge in [0.05, 0.1) is 13.2 Å². The van der Waals surface area contributed by atoms with E-state index in [1.807, 2.05) is 0 Å². The van der Waals surface area contributed by atoms with Gasteiger partial charge in [-0.25, -0.2) is 0 Å². The van der Waals surface area contributed by atoms with Crippen LogP contribution in [0.25, 0.3) is 0 Å². The minimum absolute atomic E-state index is 0. The van der Waals surface area contributed by atoms with Gasteiger partial charge >= 0.3 is 16.5 Å². The maximum absolute atomic E-state index is 11.8. The summed E-state index contributed by atoms with van der Waals surface area (Å²) in [6, 6.07) is 0. The zero-order valence-electron chi connectivity index (χ0n) is 17.7. The average molecular weight is 437 g/mol. The topological polar surface area (TPSA) is 58.6 Å². The molecular formula is C20H43NiO4P. The summed E-state index contributed by atoms with van der Waals surface area (Å²) in [7, 11) is -4.14. The van der Waals surface area contributed by atoms with Crippen molar-refractivity contribution in [3.63, 3.8) is 0 Å². The maximum Gasteiger partial charge on any atom is 2.00 e. The molecule has 0 saturated carbocycles. The summed E-state index contributed by atoms with van der Waals surface area (Å²) in [5, 5.41) is 0. The van der Waals surface area contributed by atoms with E-state index in [1.165, 1.54) is 6.42 Å². The van der Waals surface area contributed by atoms with Crippen LogP contribution >= 0.6 is 7.82 Å². The van der Waals surface area contributed by atoms with Crippen LogP contribution in [0.1, 0.15) is 98.8 Å². The van der Waals surface area contributed by atoms with Crippen molar-refractivity contribution >= 4 is 7.82 Å². The van der Waals surface area contributed by atoms with Gasteiger partial charge in [0.2, 0.25) is 0 Å². The van der Waals surface area contributed by atoms with Gasteiger partial charge < -0.3 is 20.9 Å². The van der Waals surface area contributed by atoms with E-state index in [4.69, 9.17) is 9.05 Å². The molecule has 4 nitrogen and oxygen atoms in total. The Hall–Kier alpha value is 0.604. The fourth-order valence-corrected chi connectivity index (χ4v) is 3.09. The Morgan fingerprint density at radius 2 is 1.19 bits per heavy atom. The van der Waals surface area contributed by atoms with Gasteiger partial charge in [-0.2, -0.15) is 6.42 Å². The molecule has 0 aromatic rings. The fraction of sp³-hybridized carbons (Fsp3) is 0.950. The van der Waals surface area contributed by atoms with Crippen LogP contribution in [0, 0.1) is 18.8 Å². The molecule has 0 aromatic carbocycles. The van der Waals surface area contributed by atoms with Crippen LogP contribution in [-0.2, 0) is 30.1 Å². The Balaban J connectivity index is -0.000000951. The van der Waals surface area contributed by atoms with Gasteiger partial charge in [-0.15, -0.1) is 0 Å². The van der Waals surface area contributed by atoms with E-state index in [9.17, 15) is 9.46 Å². The molecule has 0 bridgehead atoms. The molecule has 0 fully saturated rings. The molecule has 0 rings (SSSR count). The third-order valence-corrected chi connectivity index (χ3v) is 5.31. The van der Waals surface area contributed by atoms with Gasteiger partial charge in [-0.3, -0.25) is 4.57 Å². The molecular weight excluding hydrogens is 394 g/mol. The minimum atomic E-state index is -4.14. The van der Waals surface area contributed by atoms with Gasteiger partial charge in [0.1, 0.15) is 0 Å². The summed E-state index contributed by atoms with van der Waals surface area (Å²) in [6.45, 7) is 14.6. The minimum Gasteiger partial charge on any atom is -0.756 e. The molecule has 0 radical (unpaired) electrons. The Kier molecular flexibility index (Phi) is 26.4. The van der Waals surface area contributed by atoms with E-state index >= 15 is 0 Å².